The van der Waals surface area contributed by atoms with Crippen LogP contribution in [0.15, 0.2) is 11.4 Å². The zero-order valence-corrected chi connectivity index (χ0v) is 11.9. The van der Waals surface area contributed by atoms with Gasteiger partial charge in [0.1, 0.15) is 10.6 Å². The molecule has 0 amide bonds. The van der Waals surface area contributed by atoms with Crippen LogP contribution in [0.1, 0.15) is 6.42 Å². The second kappa shape index (κ2) is 5.49. The number of aromatic nitrogens is 2. The third-order valence-electron chi connectivity index (χ3n) is 2.78. The highest BCUT2D eigenvalue weighted by molar-refractivity contribution is 7.16. The Labute approximate surface area is 111 Å². The van der Waals surface area contributed by atoms with Gasteiger partial charge in [-0.3, -0.25) is 0 Å². The van der Waals surface area contributed by atoms with Gasteiger partial charge in [-0.05, 0) is 38.5 Å². The maximum absolute atomic E-state index is 5.75. The Morgan fingerprint density at radius 3 is 2.72 bits per heavy atom. The zero-order chi connectivity index (χ0) is 13.1. The molecule has 2 heterocycles. The fraction of sp³-hybridized carbons (Fsp3) is 0.500. The number of thiophene rings is 1. The molecule has 6 heteroatoms. The van der Waals surface area contributed by atoms with Crippen LogP contribution in [0, 0.1) is 0 Å². The molecule has 18 heavy (non-hydrogen) atoms. The van der Waals surface area contributed by atoms with Crippen LogP contribution in [0.3, 0.4) is 0 Å². The van der Waals surface area contributed by atoms with Gasteiger partial charge in [0.2, 0.25) is 5.95 Å². The van der Waals surface area contributed by atoms with Crippen molar-refractivity contribution in [2.75, 3.05) is 44.9 Å². The minimum absolute atomic E-state index is 0.347. The first-order valence-electron chi connectivity index (χ1n) is 5.94. The summed E-state index contributed by atoms with van der Waals surface area (Å²) in [7, 11) is 6.22. The van der Waals surface area contributed by atoms with Crippen LogP contribution in [-0.4, -0.2) is 49.1 Å². The zero-order valence-electron chi connectivity index (χ0n) is 11.1. The summed E-state index contributed by atoms with van der Waals surface area (Å²) in [5.74, 6) is 1.27. The van der Waals surface area contributed by atoms with Crippen LogP contribution < -0.4 is 10.6 Å². The van der Waals surface area contributed by atoms with E-state index in [2.05, 4.69) is 47.0 Å². The van der Waals surface area contributed by atoms with E-state index in [0.29, 0.717) is 5.95 Å². The van der Waals surface area contributed by atoms with E-state index in [9.17, 15) is 0 Å². The minimum atomic E-state index is 0.347. The van der Waals surface area contributed by atoms with Gasteiger partial charge in [-0.25, -0.2) is 4.98 Å². The molecule has 0 unspecified atom stereocenters. The normalized spacial score (nSPS) is 11.3. The van der Waals surface area contributed by atoms with E-state index >= 15 is 0 Å². The summed E-state index contributed by atoms with van der Waals surface area (Å²) in [6.45, 7) is 2.03. The number of fused-ring (bicyclic) bond motifs is 1. The van der Waals surface area contributed by atoms with Crippen LogP contribution in [0.2, 0.25) is 0 Å². The van der Waals surface area contributed by atoms with E-state index in [1.165, 1.54) is 0 Å². The molecule has 0 aliphatic carbocycles. The molecule has 0 spiro atoms. The van der Waals surface area contributed by atoms with Crippen molar-refractivity contribution in [3.63, 3.8) is 0 Å². The summed E-state index contributed by atoms with van der Waals surface area (Å²) in [5, 5.41) is 3.11. The van der Waals surface area contributed by atoms with E-state index in [1.54, 1.807) is 11.3 Å². The highest BCUT2D eigenvalue weighted by Crippen LogP contribution is 2.27. The average molecular weight is 265 g/mol. The third-order valence-corrected chi connectivity index (χ3v) is 3.59. The summed E-state index contributed by atoms with van der Waals surface area (Å²) >= 11 is 1.60. The molecule has 0 fully saturated rings. The molecule has 0 aromatic carbocycles. The van der Waals surface area contributed by atoms with Gasteiger partial charge in [-0.15, -0.1) is 11.3 Å². The first kappa shape index (κ1) is 13.0. The second-order valence-electron chi connectivity index (χ2n) is 4.62. The monoisotopic (exact) mass is 265 g/mol. The van der Waals surface area contributed by atoms with Crippen molar-refractivity contribution in [3.05, 3.63) is 11.4 Å². The van der Waals surface area contributed by atoms with E-state index in [1.807, 2.05) is 5.38 Å². The van der Waals surface area contributed by atoms with Crippen molar-refractivity contribution >= 4 is 33.3 Å². The third kappa shape index (κ3) is 2.88. The standard InChI is InChI=1S/C12H19N5S/c1-16(2)6-4-7-17(3)10-9-5-8-18-11(9)15-12(13)14-10/h5,8H,4,6-7H2,1-3H3,(H2,13,14,15). The maximum Gasteiger partial charge on any atom is 0.223 e. The maximum atomic E-state index is 5.75. The minimum Gasteiger partial charge on any atom is -0.368 e. The fourth-order valence-corrected chi connectivity index (χ4v) is 2.64. The molecule has 98 valence electrons. The number of nitrogens with two attached hydrogens (primary N) is 1. The highest BCUT2D eigenvalue weighted by Gasteiger charge is 2.11. The lowest BCUT2D eigenvalue weighted by atomic mass is 10.3. The lowest BCUT2D eigenvalue weighted by molar-refractivity contribution is 0.401. The number of anilines is 2. The predicted molar refractivity (Wildman–Crippen MR) is 78.3 cm³/mol. The van der Waals surface area contributed by atoms with Crippen LogP contribution in [0.25, 0.3) is 10.2 Å². The van der Waals surface area contributed by atoms with Gasteiger partial charge in [-0.2, -0.15) is 4.98 Å². The van der Waals surface area contributed by atoms with Gasteiger partial charge < -0.3 is 15.5 Å². The molecule has 0 saturated carbocycles. The van der Waals surface area contributed by atoms with E-state index in [0.717, 1.165) is 35.5 Å². The summed E-state index contributed by atoms with van der Waals surface area (Å²) < 4.78 is 0. The summed E-state index contributed by atoms with van der Waals surface area (Å²) in [6.07, 6.45) is 1.10. The Morgan fingerprint density at radius 2 is 2.00 bits per heavy atom. The Kier molecular flexibility index (Phi) is 3.98. The molecule has 0 bridgehead atoms. The van der Waals surface area contributed by atoms with Crippen LogP contribution >= 0.6 is 11.3 Å². The molecule has 2 aromatic rings. The van der Waals surface area contributed by atoms with Gasteiger partial charge in [0.15, 0.2) is 0 Å². The molecule has 2 aromatic heterocycles. The quantitative estimate of drug-likeness (QED) is 0.891. The molecule has 0 aliphatic heterocycles. The molecular weight excluding hydrogens is 246 g/mol. The van der Waals surface area contributed by atoms with Crippen molar-refractivity contribution in [1.82, 2.24) is 14.9 Å². The predicted octanol–water partition coefficient (Wildman–Crippen LogP) is 1.66. The van der Waals surface area contributed by atoms with E-state index < -0.39 is 0 Å². The first-order chi connectivity index (χ1) is 8.58. The molecule has 0 aliphatic rings. The Morgan fingerprint density at radius 1 is 1.22 bits per heavy atom. The number of nitrogen functional groups attached to an aromatic ring is 1. The topological polar surface area (TPSA) is 58.3 Å². The van der Waals surface area contributed by atoms with Crippen molar-refractivity contribution in [2.24, 2.45) is 0 Å². The van der Waals surface area contributed by atoms with Crippen LogP contribution in [0.4, 0.5) is 11.8 Å². The Bertz CT molecular complexity index is 522. The summed E-state index contributed by atoms with van der Waals surface area (Å²) in [4.78, 5) is 13.9. The van der Waals surface area contributed by atoms with Gasteiger partial charge in [-0.1, -0.05) is 0 Å². The number of hydrogen-bond donors (Lipinski definition) is 1. The lowest BCUT2D eigenvalue weighted by Crippen LogP contribution is -2.24. The smallest absolute Gasteiger partial charge is 0.223 e. The van der Waals surface area contributed by atoms with Crippen LogP contribution in [-0.2, 0) is 0 Å². The van der Waals surface area contributed by atoms with Gasteiger partial charge in [0.05, 0.1) is 5.39 Å². The Balaban J connectivity index is 2.16. The van der Waals surface area contributed by atoms with Crippen molar-refractivity contribution in [3.8, 4) is 0 Å². The SMILES string of the molecule is CN(C)CCCN(C)c1nc(N)nc2sccc12. The van der Waals surface area contributed by atoms with Crippen LogP contribution in [0.5, 0.6) is 0 Å². The first-order valence-corrected chi connectivity index (χ1v) is 6.82. The van der Waals surface area contributed by atoms with Crippen molar-refractivity contribution < 1.29 is 0 Å². The Hall–Kier alpha value is -1.40. The molecular formula is C12H19N5S. The molecule has 2 N–H and O–H groups in total. The number of hydrogen-bond acceptors (Lipinski definition) is 6. The highest BCUT2D eigenvalue weighted by atomic mass is 32.1. The number of rotatable bonds is 5. The molecule has 0 radical (unpaired) electrons. The number of nitrogens with zero attached hydrogens (tertiary/aromatic N) is 4. The average Bonchev–Trinajstić information content (AvgIpc) is 2.74. The van der Waals surface area contributed by atoms with Crippen molar-refractivity contribution in [2.45, 2.75) is 6.42 Å². The molecule has 2 rings (SSSR count). The van der Waals surface area contributed by atoms with E-state index in [4.69, 9.17) is 5.73 Å². The van der Waals surface area contributed by atoms with Gasteiger partial charge in [0.25, 0.3) is 0 Å². The summed E-state index contributed by atoms with van der Waals surface area (Å²) in [6, 6.07) is 2.05. The largest absolute Gasteiger partial charge is 0.368 e. The van der Waals surface area contributed by atoms with Gasteiger partial charge >= 0.3 is 0 Å². The molecule has 0 saturated heterocycles. The molecule has 5 nitrogen and oxygen atoms in total. The fourth-order valence-electron chi connectivity index (χ4n) is 1.88. The molecule has 0 atom stereocenters. The van der Waals surface area contributed by atoms with E-state index in [-0.39, 0.29) is 0 Å². The lowest BCUT2D eigenvalue weighted by Gasteiger charge is -2.20. The summed E-state index contributed by atoms with van der Waals surface area (Å²) in [5.41, 5.74) is 5.75. The van der Waals surface area contributed by atoms with Gasteiger partial charge in [0, 0.05) is 13.6 Å². The second-order valence-corrected chi connectivity index (χ2v) is 5.52. The van der Waals surface area contributed by atoms with Crippen molar-refractivity contribution in [1.29, 1.82) is 0 Å².